The predicted octanol–water partition coefficient (Wildman–Crippen LogP) is 7.81. The lowest BCUT2D eigenvalue weighted by Gasteiger charge is -2.28. The van der Waals surface area contributed by atoms with Crippen molar-refractivity contribution in [3.63, 3.8) is 0 Å². The van der Waals surface area contributed by atoms with Crippen LogP contribution in [0.5, 0.6) is 0 Å². The van der Waals surface area contributed by atoms with Crippen LogP contribution in [0, 0.1) is 6.92 Å². The first-order valence-corrected chi connectivity index (χ1v) is 20.9. The average molecular weight is 778 g/mol. The molecule has 0 radical (unpaired) electrons. The summed E-state index contributed by atoms with van der Waals surface area (Å²) in [6.45, 7) is 10.6. The Labute approximate surface area is 329 Å². The fraction of sp³-hybridized carbons (Fsp3) is 0.465. The second-order valence-electron chi connectivity index (χ2n) is 13.3. The van der Waals surface area contributed by atoms with E-state index in [0.717, 1.165) is 49.7 Å². The average Bonchev–Trinajstić information content (AvgIpc) is 3.58. The maximum absolute atomic E-state index is 12.5. The number of aryl methyl sites for hydroxylation is 1. The number of nitrogens with two attached hydrogens (primary N) is 1. The molecular formula is C43H63N5O6S. The summed E-state index contributed by atoms with van der Waals surface area (Å²) in [5.74, 6) is -0.251. The van der Waals surface area contributed by atoms with Gasteiger partial charge in [-0.3, -0.25) is 19.0 Å². The van der Waals surface area contributed by atoms with Crippen LogP contribution in [0.3, 0.4) is 0 Å². The maximum atomic E-state index is 12.5. The number of amides is 1. The molecule has 0 aliphatic heterocycles. The van der Waals surface area contributed by atoms with Gasteiger partial charge in [-0.05, 0) is 69.7 Å². The highest BCUT2D eigenvalue weighted by Crippen LogP contribution is 2.21. The molecule has 2 aliphatic rings. The Morgan fingerprint density at radius 2 is 1.62 bits per heavy atom. The number of benzene rings is 2. The van der Waals surface area contributed by atoms with Crippen LogP contribution in [-0.4, -0.2) is 60.3 Å². The minimum atomic E-state index is -3.84. The Bertz CT molecular complexity index is 1730. The van der Waals surface area contributed by atoms with E-state index in [9.17, 15) is 18.0 Å². The van der Waals surface area contributed by atoms with Gasteiger partial charge in [0.2, 0.25) is 5.91 Å². The molecule has 0 spiro atoms. The number of hydrogen-bond acceptors (Lipinski definition) is 8. The van der Waals surface area contributed by atoms with Crippen molar-refractivity contribution >= 4 is 28.0 Å². The van der Waals surface area contributed by atoms with Crippen LogP contribution in [0.1, 0.15) is 107 Å². The fourth-order valence-electron chi connectivity index (χ4n) is 5.98. The van der Waals surface area contributed by atoms with Gasteiger partial charge in [-0.15, -0.1) is 0 Å². The van der Waals surface area contributed by atoms with Gasteiger partial charge in [0.25, 0.3) is 10.0 Å². The lowest BCUT2D eigenvalue weighted by atomic mass is 9.93. The largest absolute Gasteiger partial charge is 0.392 e. The molecule has 2 aliphatic carbocycles. The molecule has 2 aromatic carbocycles. The molecule has 3 aromatic rings. The number of aliphatic hydroxyl groups is 1. The van der Waals surface area contributed by atoms with Crippen molar-refractivity contribution in [2.24, 2.45) is 5.73 Å². The molecule has 2 atom stereocenters. The van der Waals surface area contributed by atoms with Crippen molar-refractivity contribution in [1.29, 1.82) is 0 Å². The van der Waals surface area contributed by atoms with Crippen molar-refractivity contribution in [3.05, 3.63) is 113 Å². The Morgan fingerprint density at radius 1 is 0.964 bits per heavy atom. The molecule has 5 N–H and O–H groups in total. The van der Waals surface area contributed by atoms with E-state index in [0.29, 0.717) is 12.9 Å². The van der Waals surface area contributed by atoms with Crippen LogP contribution in [0.2, 0.25) is 0 Å². The van der Waals surface area contributed by atoms with E-state index in [2.05, 4.69) is 27.3 Å². The Morgan fingerprint density at radius 3 is 2.20 bits per heavy atom. The molecule has 2 fully saturated rings. The zero-order valence-electron chi connectivity index (χ0n) is 33.3. The van der Waals surface area contributed by atoms with Gasteiger partial charge in [0.15, 0.2) is 12.1 Å². The number of sulfonamides is 1. The minimum Gasteiger partial charge on any atom is -0.392 e. The van der Waals surface area contributed by atoms with Crippen molar-refractivity contribution in [2.45, 2.75) is 129 Å². The van der Waals surface area contributed by atoms with Gasteiger partial charge in [0.05, 0.1) is 24.2 Å². The number of carbonyl (C=O) groups is 2. The third-order valence-electron chi connectivity index (χ3n) is 8.89. The molecular weight excluding hydrogens is 715 g/mol. The van der Waals surface area contributed by atoms with Crippen molar-refractivity contribution < 1.29 is 27.9 Å². The highest BCUT2D eigenvalue weighted by atomic mass is 32.2. The summed E-state index contributed by atoms with van der Waals surface area (Å²) in [6.07, 6.45) is 21.0. The number of rotatable bonds is 13. The quantitative estimate of drug-likeness (QED) is 0.101. The van der Waals surface area contributed by atoms with Gasteiger partial charge in [-0.1, -0.05) is 124 Å². The predicted molar refractivity (Wildman–Crippen MR) is 222 cm³/mol. The molecule has 11 nitrogen and oxygen atoms in total. The number of hydrogen-bond donors (Lipinski definition) is 4. The summed E-state index contributed by atoms with van der Waals surface area (Å²) >= 11 is 0. The number of anilines is 1. The molecule has 1 aromatic heterocycles. The number of nitrogens with one attached hydrogen (secondary N) is 2. The van der Waals surface area contributed by atoms with Crippen LogP contribution in [0.15, 0.2) is 102 Å². The van der Waals surface area contributed by atoms with E-state index < -0.39 is 10.0 Å². The zero-order chi connectivity index (χ0) is 40.5. The van der Waals surface area contributed by atoms with Gasteiger partial charge in [-0.2, -0.15) is 5.10 Å². The zero-order valence-corrected chi connectivity index (χ0v) is 34.1. The number of ether oxygens (including phenoxy) is 1. The summed E-state index contributed by atoms with van der Waals surface area (Å²) in [4.78, 5) is 23.7. The van der Waals surface area contributed by atoms with Crippen molar-refractivity contribution in [3.8, 4) is 0 Å². The van der Waals surface area contributed by atoms with Crippen molar-refractivity contribution in [2.75, 3.05) is 11.3 Å². The summed E-state index contributed by atoms with van der Waals surface area (Å²) in [5, 5.41) is 15.6. The number of allylic oxidation sites excluding steroid dienone is 4. The number of aldehydes is 1. The maximum Gasteiger partial charge on any atom is 0.263 e. The topological polar surface area (TPSA) is 166 Å². The highest BCUT2D eigenvalue weighted by molar-refractivity contribution is 7.92. The Balaban J connectivity index is 0.000000326. The number of nitrogens with zero attached hydrogens (tertiary/aromatic N) is 2. The second-order valence-corrected chi connectivity index (χ2v) is 14.9. The molecule has 1 amide bonds. The van der Waals surface area contributed by atoms with Gasteiger partial charge in [0, 0.05) is 18.2 Å². The van der Waals surface area contributed by atoms with Gasteiger partial charge < -0.3 is 20.9 Å². The Kier molecular flexibility index (Phi) is 22.5. The van der Waals surface area contributed by atoms with Crippen molar-refractivity contribution in [1.82, 2.24) is 15.1 Å². The first kappa shape index (κ1) is 46.8. The molecule has 55 heavy (non-hydrogen) atoms. The van der Waals surface area contributed by atoms with Crippen LogP contribution < -0.4 is 15.8 Å². The third kappa shape index (κ3) is 17.8. The molecule has 0 saturated heterocycles. The monoisotopic (exact) mass is 777 g/mol. The van der Waals surface area contributed by atoms with Crippen LogP contribution in [0.25, 0.3) is 0 Å². The standard InChI is InChI=1S/C19H24N4O4S.C15H25NO.C7H8O.C2H6/c1-14-7-9-17(10-8-14)28(26,27)22-18-11-16(13-24)23(21-18)12-19(25)20-15-5-3-2-4-6-15;1-3-5-9-13(8-4-2)12-17-15-11-7-6-10-14(15)16;8-6-7-4-2-1-3-5-7;1-2/h7-11,13,15H,2-6,12H2,1H3,(H,20,25)(H,21,22);3-5,8-9,14-15H,6-7,10-12,16H2,1-2H3;1-5,8H,6H2;1-2H3/b;5-3-,8-4-,13-9+;;/t;14-,15?;;/m.0../s1. The summed E-state index contributed by atoms with van der Waals surface area (Å²) in [6, 6.07) is 17.6. The molecule has 12 heteroatoms. The van der Waals surface area contributed by atoms with Crippen LogP contribution in [0.4, 0.5) is 5.82 Å². The van der Waals surface area contributed by atoms with E-state index in [1.807, 2.05) is 83.2 Å². The van der Waals surface area contributed by atoms with E-state index >= 15 is 0 Å². The van der Waals surface area contributed by atoms with Gasteiger partial charge in [-0.25, -0.2) is 8.42 Å². The molecule has 2 saturated carbocycles. The lowest BCUT2D eigenvalue weighted by molar-refractivity contribution is -0.122. The number of aliphatic hydroxyl groups excluding tert-OH is 1. The Hall–Kier alpha value is -4.36. The molecule has 5 rings (SSSR count). The van der Waals surface area contributed by atoms with Gasteiger partial charge >= 0.3 is 0 Å². The normalized spacial score (nSPS) is 17.5. The highest BCUT2D eigenvalue weighted by Gasteiger charge is 2.22. The fourth-order valence-corrected chi connectivity index (χ4v) is 6.97. The molecule has 1 heterocycles. The van der Waals surface area contributed by atoms with Gasteiger partial charge in [0.1, 0.15) is 12.2 Å². The summed E-state index contributed by atoms with van der Waals surface area (Å²) in [7, 11) is -3.84. The van der Waals surface area contributed by atoms with E-state index in [1.165, 1.54) is 47.7 Å². The SMILES string of the molecule is CC.C\C=C/C=C(\C=C/C)COC1CCCC[C@@H]1N.Cc1ccc(S(=O)(=O)Nc2cc(C=O)n(CC(=O)NC3CCCCC3)n2)cc1.OCc1ccccc1. The smallest absolute Gasteiger partial charge is 0.263 e. The first-order valence-electron chi connectivity index (χ1n) is 19.5. The van der Waals surface area contributed by atoms with Crippen LogP contribution >= 0.6 is 0 Å². The second kappa shape index (κ2) is 26.4. The third-order valence-corrected chi connectivity index (χ3v) is 10.3. The van der Waals surface area contributed by atoms with E-state index in [-0.39, 0.29) is 53.7 Å². The van der Waals surface area contributed by atoms with E-state index in [4.69, 9.17) is 15.6 Å². The molecule has 302 valence electrons. The summed E-state index contributed by atoms with van der Waals surface area (Å²) < 4.78 is 34.4. The molecule has 1 unspecified atom stereocenters. The van der Waals surface area contributed by atoms with E-state index in [1.54, 1.807) is 12.1 Å². The first-order chi connectivity index (χ1) is 26.6. The summed E-state index contributed by atoms with van der Waals surface area (Å²) in [5.41, 5.74) is 9.29. The van der Waals surface area contributed by atoms with Crippen LogP contribution in [-0.2, 0) is 32.7 Å². The lowest BCUT2D eigenvalue weighted by Crippen LogP contribution is -2.39. The number of carbonyl (C=O) groups excluding carboxylic acids is 2. The minimum absolute atomic E-state index is 0.00635. The number of aromatic nitrogens is 2. The molecule has 0 bridgehead atoms.